The zero-order valence-corrected chi connectivity index (χ0v) is 20.2. The van der Waals surface area contributed by atoms with Gasteiger partial charge in [-0.3, -0.25) is 14.4 Å². The summed E-state index contributed by atoms with van der Waals surface area (Å²) in [4.78, 5) is 52.5. The van der Waals surface area contributed by atoms with Gasteiger partial charge in [-0.05, 0) is 61.9 Å². The van der Waals surface area contributed by atoms with Crippen LogP contribution in [0.3, 0.4) is 0 Å². The third kappa shape index (κ3) is 4.07. The second kappa shape index (κ2) is 8.71. The molecule has 2 N–H and O–H groups in total. The van der Waals surface area contributed by atoms with Gasteiger partial charge >= 0.3 is 11.9 Å². The summed E-state index contributed by atoms with van der Waals surface area (Å²) in [6.45, 7) is 3.53. The molecule has 3 aliphatic rings. The second-order valence-electron chi connectivity index (χ2n) is 9.63. The Bertz CT molecular complexity index is 1210. The number of carbonyl (C=O) groups excluding carboxylic acids is 3. The summed E-state index contributed by atoms with van der Waals surface area (Å²) in [5, 5.41) is 11.8. The first kappa shape index (κ1) is 23.4. The normalized spacial score (nSPS) is 24.7. The molecule has 9 heteroatoms. The highest BCUT2D eigenvalue weighted by Crippen LogP contribution is 2.50. The van der Waals surface area contributed by atoms with Crippen molar-refractivity contribution in [3.63, 3.8) is 0 Å². The van der Waals surface area contributed by atoms with Crippen molar-refractivity contribution in [1.29, 1.82) is 0 Å². The number of benzene rings is 2. The van der Waals surface area contributed by atoms with E-state index < -0.39 is 51.9 Å². The Morgan fingerprint density at radius 1 is 1.11 bits per heavy atom. The average Bonchev–Trinajstić information content (AvgIpc) is 3.38. The molecule has 35 heavy (non-hydrogen) atoms. The molecule has 2 fully saturated rings. The lowest BCUT2D eigenvalue weighted by Crippen LogP contribution is -2.71. The average molecular weight is 495 g/mol. The lowest BCUT2D eigenvalue weighted by atomic mass is 9.94. The molecule has 5 rings (SSSR count). The molecule has 2 aliphatic heterocycles. The number of hydrogen-bond donors (Lipinski definition) is 2. The summed E-state index contributed by atoms with van der Waals surface area (Å²) in [6, 6.07) is 12.2. The van der Waals surface area contributed by atoms with Crippen molar-refractivity contribution in [3.8, 4) is 5.75 Å². The fourth-order valence-electron chi connectivity index (χ4n) is 5.21. The van der Waals surface area contributed by atoms with Gasteiger partial charge in [0.1, 0.15) is 23.2 Å². The number of aliphatic carboxylic acids is 1. The summed E-state index contributed by atoms with van der Waals surface area (Å²) in [6.07, 6.45) is 2.99. The first-order chi connectivity index (χ1) is 16.7. The monoisotopic (exact) mass is 494 g/mol. The Morgan fingerprint density at radius 3 is 2.54 bits per heavy atom. The van der Waals surface area contributed by atoms with E-state index in [-0.39, 0.29) is 0 Å². The summed E-state index contributed by atoms with van der Waals surface area (Å²) < 4.78 is 4.92. The summed E-state index contributed by atoms with van der Waals surface area (Å²) in [5.41, 5.74) is 2.83. The predicted molar refractivity (Wildman–Crippen MR) is 129 cm³/mol. The van der Waals surface area contributed by atoms with Gasteiger partial charge in [-0.15, -0.1) is 11.8 Å². The minimum absolute atomic E-state index is 0.382. The Kier molecular flexibility index (Phi) is 5.83. The number of nitrogens with one attached hydrogen (secondary N) is 1. The van der Waals surface area contributed by atoms with Crippen molar-refractivity contribution < 1.29 is 29.0 Å². The number of nitrogens with zero attached hydrogens (tertiary/aromatic N) is 1. The van der Waals surface area contributed by atoms with Crippen LogP contribution in [0.4, 0.5) is 0 Å². The third-order valence-electron chi connectivity index (χ3n) is 6.89. The van der Waals surface area contributed by atoms with Gasteiger partial charge in [-0.1, -0.05) is 36.4 Å². The lowest BCUT2D eigenvalue weighted by molar-refractivity contribution is -0.161. The van der Waals surface area contributed by atoms with Crippen molar-refractivity contribution in [2.75, 3.05) is 0 Å². The van der Waals surface area contributed by atoms with Gasteiger partial charge in [-0.25, -0.2) is 4.79 Å². The van der Waals surface area contributed by atoms with Crippen LogP contribution in [0.1, 0.15) is 42.9 Å². The zero-order valence-electron chi connectivity index (χ0n) is 19.4. The van der Waals surface area contributed by atoms with Crippen molar-refractivity contribution in [2.24, 2.45) is 0 Å². The second-order valence-corrected chi connectivity index (χ2v) is 11.4. The van der Waals surface area contributed by atoms with Gasteiger partial charge in [0.15, 0.2) is 5.92 Å². The van der Waals surface area contributed by atoms with Gasteiger partial charge in [0.05, 0.1) is 0 Å². The van der Waals surface area contributed by atoms with Crippen molar-refractivity contribution in [2.45, 2.75) is 61.2 Å². The van der Waals surface area contributed by atoms with E-state index in [2.05, 4.69) is 5.32 Å². The smallest absolute Gasteiger partial charge is 0.328 e. The van der Waals surface area contributed by atoms with Crippen LogP contribution in [0.25, 0.3) is 0 Å². The molecule has 3 unspecified atom stereocenters. The standard InChI is InChI=1S/C26H26N2O6S/c1-26(2)20(24(31)32)28-22(30)19(23(28)35-26)27-21(29)18(15-7-4-3-5-8-15)25(33)34-17-12-11-14-9-6-10-16(14)13-17/h3-5,7-8,11-13,18-20,23H,6,9-10H2,1-2H3,(H,27,29)(H,31,32)/t18?,19?,20?,23-/m1/s1. The number of β-lactam (4-membered cyclic amide) rings is 1. The van der Waals surface area contributed by atoms with Crippen LogP contribution in [0, 0.1) is 0 Å². The van der Waals surface area contributed by atoms with Gasteiger partial charge in [0, 0.05) is 4.75 Å². The summed E-state index contributed by atoms with van der Waals surface area (Å²) in [5.74, 6) is -3.83. The summed E-state index contributed by atoms with van der Waals surface area (Å²) in [7, 11) is 0. The summed E-state index contributed by atoms with van der Waals surface area (Å²) >= 11 is 1.33. The quantitative estimate of drug-likeness (QED) is 0.275. The molecule has 8 nitrogen and oxygen atoms in total. The predicted octanol–water partition coefficient (Wildman–Crippen LogP) is 2.50. The highest BCUT2D eigenvalue weighted by molar-refractivity contribution is 8.01. The molecule has 2 aromatic rings. The number of carboxylic acid groups (broad SMARTS) is 1. The lowest BCUT2D eigenvalue weighted by Gasteiger charge is -2.43. The number of hydrogen-bond acceptors (Lipinski definition) is 6. The van der Waals surface area contributed by atoms with Gasteiger partial charge in [0.25, 0.3) is 0 Å². The van der Waals surface area contributed by atoms with E-state index in [0.29, 0.717) is 11.3 Å². The number of ether oxygens (including phenoxy) is 1. The number of fused-ring (bicyclic) bond motifs is 2. The molecule has 182 valence electrons. The zero-order chi connectivity index (χ0) is 24.9. The van der Waals surface area contributed by atoms with Crippen LogP contribution < -0.4 is 10.1 Å². The SMILES string of the molecule is CC1(C)S[C@@H]2C(NC(=O)C(C(=O)Oc3ccc4c(c3)CCC4)c3ccccc3)C(=O)N2C1C(=O)O. The van der Waals surface area contributed by atoms with Gasteiger partial charge in [-0.2, -0.15) is 0 Å². The molecule has 2 heterocycles. The van der Waals surface area contributed by atoms with E-state index in [1.807, 2.05) is 12.1 Å². The first-order valence-electron chi connectivity index (χ1n) is 11.6. The number of rotatable bonds is 6. The fourth-order valence-corrected chi connectivity index (χ4v) is 6.83. The topological polar surface area (TPSA) is 113 Å². The number of carboxylic acids is 1. The van der Waals surface area contributed by atoms with Crippen molar-refractivity contribution in [3.05, 3.63) is 65.2 Å². The third-order valence-corrected chi connectivity index (χ3v) is 8.46. The van der Waals surface area contributed by atoms with Crippen LogP contribution in [-0.2, 0) is 32.0 Å². The van der Waals surface area contributed by atoms with E-state index in [0.717, 1.165) is 24.8 Å². The Balaban J connectivity index is 1.35. The van der Waals surface area contributed by atoms with Crippen LogP contribution in [0.5, 0.6) is 5.75 Å². The maximum Gasteiger partial charge on any atom is 0.328 e. The molecule has 0 spiro atoms. The number of aryl methyl sites for hydroxylation is 2. The van der Waals surface area contributed by atoms with E-state index in [9.17, 15) is 24.3 Å². The molecular weight excluding hydrogens is 468 g/mol. The molecule has 0 bridgehead atoms. The van der Waals surface area contributed by atoms with E-state index >= 15 is 0 Å². The van der Waals surface area contributed by atoms with Crippen LogP contribution >= 0.6 is 11.8 Å². The van der Waals surface area contributed by atoms with E-state index in [4.69, 9.17) is 4.74 Å². The first-order valence-corrected chi connectivity index (χ1v) is 12.5. The van der Waals surface area contributed by atoms with Crippen LogP contribution in [0.15, 0.2) is 48.5 Å². The molecule has 0 saturated carbocycles. The molecule has 2 saturated heterocycles. The molecule has 2 aromatic carbocycles. The van der Waals surface area contributed by atoms with Crippen molar-refractivity contribution >= 4 is 35.5 Å². The number of esters is 1. The molecule has 2 amide bonds. The largest absolute Gasteiger partial charge is 0.480 e. The minimum Gasteiger partial charge on any atom is -0.480 e. The minimum atomic E-state index is -1.28. The fraction of sp³-hybridized carbons (Fsp3) is 0.385. The van der Waals surface area contributed by atoms with Crippen molar-refractivity contribution in [1.82, 2.24) is 10.2 Å². The Morgan fingerprint density at radius 2 is 1.83 bits per heavy atom. The van der Waals surface area contributed by atoms with E-state index in [1.165, 1.54) is 22.2 Å². The molecule has 0 radical (unpaired) electrons. The van der Waals surface area contributed by atoms with Gasteiger partial charge < -0.3 is 20.1 Å². The van der Waals surface area contributed by atoms with Crippen LogP contribution in [-0.4, -0.2) is 56.0 Å². The maximum atomic E-state index is 13.4. The van der Waals surface area contributed by atoms with Gasteiger partial charge in [0.2, 0.25) is 11.8 Å². The number of amides is 2. The molecular formula is C26H26N2O6S. The Labute approximate surface area is 207 Å². The molecule has 0 aromatic heterocycles. The van der Waals surface area contributed by atoms with E-state index in [1.54, 1.807) is 50.2 Å². The number of thioether (sulfide) groups is 1. The molecule has 4 atom stereocenters. The number of carbonyl (C=O) groups is 4. The Hall–Kier alpha value is -3.33. The van der Waals surface area contributed by atoms with Crippen LogP contribution in [0.2, 0.25) is 0 Å². The highest BCUT2D eigenvalue weighted by atomic mass is 32.2. The molecule has 1 aliphatic carbocycles. The highest BCUT2D eigenvalue weighted by Gasteiger charge is 2.64. The maximum absolute atomic E-state index is 13.4.